The van der Waals surface area contributed by atoms with Crippen molar-refractivity contribution in [3.8, 4) is 16.9 Å². The van der Waals surface area contributed by atoms with Crippen molar-refractivity contribution in [2.45, 2.75) is 31.7 Å². The molecule has 0 aliphatic carbocycles. The van der Waals surface area contributed by atoms with Crippen LogP contribution in [0.25, 0.3) is 11.1 Å². The summed E-state index contributed by atoms with van der Waals surface area (Å²) in [6.07, 6.45) is 5.27. The molecule has 0 saturated carbocycles. The fourth-order valence-electron chi connectivity index (χ4n) is 3.33. The first-order valence-electron chi connectivity index (χ1n) is 8.43. The van der Waals surface area contributed by atoms with Gasteiger partial charge >= 0.3 is 0 Å². The van der Waals surface area contributed by atoms with E-state index in [9.17, 15) is 0 Å². The van der Waals surface area contributed by atoms with E-state index in [1.165, 1.54) is 36.9 Å². The van der Waals surface area contributed by atoms with E-state index in [0.717, 1.165) is 24.8 Å². The molecule has 1 unspecified atom stereocenters. The van der Waals surface area contributed by atoms with Crippen LogP contribution in [0.5, 0.6) is 5.75 Å². The Kier molecular flexibility index (Phi) is 5.12. The minimum atomic E-state index is 0.775. The lowest BCUT2D eigenvalue weighted by atomic mass is 10.0. The molecule has 2 atom stereocenters. The molecule has 0 spiro atoms. The second kappa shape index (κ2) is 7.46. The average Bonchev–Trinajstić information content (AvgIpc) is 2.58. The molecule has 116 valence electrons. The van der Waals surface area contributed by atoms with Crippen molar-refractivity contribution in [3.63, 3.8) is 0 Å². The summed E-state index contributed by atoms with van der Waals surface area (Å²) in [6.45, 7) is 2.14. The zero-order valence-electron chi connectivity index (χ0n) is 13.4. The van der Waals surface area contributed by atoms with Crippen LogP contribution in [0.1, 0.15) is 25.7 Å². The number of benzene rings is 2. The van der Waals surface area contributed by atoms with E-state index in [4.69, 9.17) is 4.74 Å². The topological polar surface area (TPSA) is 13.7 Å². The van der Waals surface area contributed by atoms with Gasteiger partial charge in [-0.05, 0) is 42.5 Å². The lowest BCUT2D eigenvalue weighted by molar-refractivity contribution is -0.911. The van der Waals surface area contributed by atoms with E-state index >= 15 is 0 Å². The number of ether oxygens (including phenoxy) is 1. The molecular weight excluding hydrogens is 270 g/mol. The van der Waals surface area contributed by atoms with Gasteiger partial charge in [-0.3, -0.25) is 0 Å². The number of nitrogens with one attached hydrogen (secondary N) is 1. The van der Waals surface area contributed by atoms with E-state index in [1.54, 1.807) is 4.90 Å². The Morgan fingerprint density at radius 2 is 1.68 bits per heavy atom. The smallest absolute Gasteiger partial charge is 0.119 e. The van der Waals surface area contributed by atoms with Crippen LogP contribution < -0.4 is 9.64 Å². The SMILES string of the molecule is C[NH+]1CCCC[C@H]1CCOc1ccc(-c2ccccc2)cc1. The molecule has 3 rings (SSSR count). The van der Waals surface area contributed by atoms with E-state index in [0.29, 0.717) is 0 Å². The van der Waals surface area contributed by atoms with Crippen molar-refractivity contribution in [1.29, 1.82) is 0 Å². The third kappa shape index (κ3) is 3.89. The number of piperidine rings is 1. The number of hydrogen-bond acceptors (Lipinski definition) is 1. The second-order valence-corrected chi connectivity index (χ2v) is 6.32. The molecule has 0 aromatic heterocycles. The van der Waals surface area contributed by atoms with E-state index in [2.05, 4.69) is 55.6 Å². The highest BCUT2D eigenvalue weighted by Crippen LogP contribution is 2.22. The molecule has 2 aromatic rings. The molecule has 1 saturated heterocycles. The Morgan fingerprint density at radius 3 is 2.41 bits per heavy atom. The van der Waals surface area contributed by atoms with Crippen LogP contribution in [0.3, 0.4) is 0 Å². The van der Waals surface area contributed by atoms with Crippen molar-refractivity contribution in [2.75, 3.05) is 20.2 Å². The van der Waals surface area contributed by atoms with Gasteiger partial charge in [0, 0.05) is 6.42 Å². The lowest BCUT2D eigenvalue weighted by Crippen LogP contribution is -3.13. The van der Waals surface area contributed by atoms with Crippen LogP contribution in [-0.2, 0) is 0 Å². The minimum Gasteiger partial charge on any atom is -0.493 e. The molecule has 0 amide bonds. The number of hydrogen-bond donors (Lipinski definition) is 1. The van der Waals surface area contributed by atoms with Crippen LogP contribution in [0.2, 0.25) is 0 Å². The largest absolute Gasteiger partial charge is 0.493 e. The average molecular weight is 296 g/mol. The predicted octanol–water partition coefficient (Wildman–Crippen LogP) is 3.19. The normalized spacial score (nSPS) is 21.5. The van der Waals surface area contributed by atoms with Gasteiger partial charge in [0.1, 0.15) is 5.75 Å². The van der Waals surface area contributed by atoms with Gasteiger partial charge in [-0.15, -0.1) is 0 Å². The maximum atomic E-state index is 5.93. The Balaban J connectivity index is 1.51. The van der Waals surface area contributed by atoms with Gasteiger partial charge in [-0.25, -0.2) is 0 Å². The van der Waals surface area contributed by atoms with Crippen LogP contribution in [0.4, 0.5) is 0 Å². The first-order chi connectivity index (χ1) is 10.8. The maximum Gasteiger partial charge on any atom is 0.119 e. The molecule has 1 aliphatic rings. The van der Waals surface area contributed by atoms with Crippen LogP contribution in [0.15, 0.2) is 54.6 Å². The zero-order valence-corrected chi connectivity index (χ0v) is 13.4. The van der Waals surface area contributed by atoms with Crippen molar-refractivity contribution in [1.82, 2.24) is 0 Å². The van der Waals surface area contributed by atoms with Gasteiger partial charge in [-0.2, -0.15) is 0 Å². The predicted molar refractivity (Wildman–Crippen MR) is 91.4 cm³/mol. The highest BCUT2D eigenvalue weighted by molar-refractivity contribution is 5.63. The van der Waals surface area contributed by atoms with E-state index < -0.39 is 0 Å². The summed E-state index contributed by atoms with van der Waals surface area (Å²) in [5.41, 5.74) is 2.49. The summed E-state index contributed by atoms with van der Waals surface area (Å²) in [5.74, 6) is 0.980. The van der Waals surface area contributed by atoms with Crippen molar-refractivity contribution >= 4 is 0 Å². The molecule has 2 nitrogen and oxygen atoms in total. The molecule has 22 heavy (non-hydrogen) atoms. The van der Waals surface area contributed by atoms with Gasteiger partial charge in [0.2, 0.25) is 0 Å². The Labute approximate surface area is 133 Å². The minimum absolute atomic E-state index is 0.775. The molecule has 1 heterocycles. The summed E-state index contributed by atoms with van der Waals surface area (Å²) in [7, 11) is 2.32. The number of quaternary nitrogens is 1. The number of rotatable bonds is 5. The van der Waals surface area contributed by atoms with E-state index in [-0.39, 0.29) is 0 Å². The fourth-order valence-corrected chi connectivity index (χ4v) is 3.33. The van der Waals surface area contributed by atoms with Gasteiger partial charge in [0.05, 0.1) is 26.2 Å². The first-order valence-corrected chi connectivity index (χ1v) is 8.43. The fraction of sp³-hybridized carbons (Fsp3) is 0.400. The number of likely N-dealkylation sites (tertiary alicyclic amines) is 1. The third-order valence-corrected chi connectivity index (χ3v) is 4.77. The van der Waals surface area contributed by atoms with Crippen molar-refractivity contribution in [3.05, 3.63) is 54.6 Å². The Morgan fingerprint density at radius 1 is 0.955 bits per heavy atom. The molecule has 2 heteroatoms. The first kappa shape index (κ1) is 15.1. The van der Waals surface area contributed by atoms with Crippen molar-refractivity contribution < 1.29 is 9.64 Å². The van der Waals surface area contributed by atoms with Crippen LogP contribution in [-0.4, -0.2) is 26.2 Å². The van der Waals surface area contributed by atoms with Gasteiger partial charge in [0.15, 0.2) is 0 Å². The van der Waals surface area contributed by atoms with Crippen LogP contribution in [0, 0.1) is 0 Å². The third-order valence-electron chi connectivity index (χ3n) is 4.77. The molecular formula is C20H26NO+. The summed E-state index contributed by atoms with van der Waals surface area (Å²) < 4.78 is 5.93. The standard InChI is InChI=1S/C20H25NO/c1-21-15-6-5-9-19(21)14-16-22-20-12-10-18(11-13-20)17-7-3-2-4-8-17/h2-4,7-8,10-13,19H,5-6,9,14-16H2,1H3/p+1/t19-/m0/s1. The molecule has 1 N–H and O–H groups in total. The van der Waals surface area contributed by atoms with Gasteiger partial charge in [0.25, 0.3) is 0 Å². The Hall–Kier alpha value is -1.80. The van der Waals surface area contributed by atoms with E-state index in [1.807, 2.05) is 6.07 Å². The molecule has 0 bridgehead atoms. The molecule has 0 radical (unpaired) electrons. The lowest BCUT2D eigenvalue weighted by Gasteiger charge is -2.29. The molecule has 1 aliphatic heterocycles. The van der Waals surface area contributed by atoms with Crippen molar-refractivity contribution in [2.24, 2.45) is 0 Å². The second-order valence-electron chi connectivity index (χ2n) is 6.32. The zero-order chi connectivity index (χ0) is 15.2. The monoisotopic (exact) mass is 296 g/mol. The summed E-state index contributed by atoms with van der Waals surface area (Å²) in [5, 5.41) is 0. The van der Waals surface area contributed by atoms with Crippen LogP contribution >= 0.6 is 0 Å². The quantitative estimate of drug-likeness (QED) is 0.894. The molecule has 1 fully saturated rings. The molecule has 2 aromatic carbocycles. The Bertz CT molecular complexity index is 564. The summed E-state index contributed by atoms with van der Waals surface area (Å²) in [6, 6.07) is 19.7. The summed E-state index contributed by atoms with van der Waals surface area (Å²) in [4.78, 5) is 1.68. The maximum absolute atomic E-state index is 5.93. The highest BCUT2D eigenvalue weighted by Gasteiger charge is 2.22. The van der Waals surface area contributed by atoms with Gasteiger partial charge in [-0.1, -0.05) is 42.5 Å². The van der Waals surface area contributed by atoms with Gasteiger partial charge < -0.3 is 9.64 Å². The highest BCUT2D eigenvalue weighted by atomic mass is 16.5. The summed E-state index contributed by atoms with van der Waals surface area (Å²) >= 11 is 0.